The van der Waals surface area contributed by atoms with Crippen molar-refractivity contribution in [3.63, 3.8) is 0 Å². The number of rotatable bonds is 5. The highest BCUT2D eigenvalue weighted by molar-refractivity contribution is 6.25. The van der Waals surface area contributed by atoms with Gasteiger partial charge in [-0.05, 0) is 46.8 Å². The Morgan fingerprint density at radius 3 is 2.03 bits per heavy atom. The predicted molar refractivity (Wildman–Crippen MR) is 121 cm³/mol. The summed E-state index contributed by atoms with van der Waals surface area (Å²) in [5.41, 5.74) is 8.90. The van der Waals surface area contributed by atoms with E-state index < -0.39 is 0 Å². The van der Waals surface area contributed by atoms with Crippen LogP contribution in [0.3, 0.4) is 0 Å². The van der Waals surface area contributed by atoms with E-state index in [-0.39, 0.29) is 11.8 Å². The molecule has 1 aliphatic rings. The lowest BCUT2D eigenvalue weighted by Crippen LogP contribution is -2.41. The summed E-state index contributed by atoms with van der Waals surface area (Å²) < 4.78 is 0. The van der Waals surface area contributed by atoms with Crippen LogP contribution >= 0.6 is 0 Å². The molecule has 1 heterocycles. The minimum atomic E-state index is -0.227. The van der Waals surface area contributed by atoms with Crippen LogP contribution in [0.1, 0.15) is 27.1 Å². The number of nitrogen functional groups attached to an aromatic ring is 1. The Kier molecular flexibility index (Phi) is 4.36. The third kappa shape index (κ3) is 2.95. The third-order valence-corrected chi connectivity index (χ3v) is 5.65. The molecule has 0 radical (unpaired) electrons. The Bertz CT molecular complexity index is 1260. The maximum atomic E-state index is 12.9. The van der Waals surface area contributed by atoms with Gasteiger partial charge in [-0.2, -0.15) is 0 Å². The molecule has 5 nitrogen and oxygen atoms in total. The minimum Gasteiger partial charge on any atom is -0.397 e. The zero-order valence-corrected chi connectivity index (χ0v) is 16.4. The van der Waals surface area contributed by atoms with Gasteiger partial charge in [-0.3, -0.25) is 14.5 Å². The summed E-state index contributed by atoms with van der Waals surface area (Å²) in [4.78, 5) is 27.2. The smallest absolute Gasteiger partial charge is 0.261 e. The van der Waals surface area contributed by atoms with Crippen LogP contribution in [0.4, 0.5) is 11.4 Å². The summed E-state index contributed by atoms with van der Waals surface area (Å²) in [7, 11) is 0. The van der Waals surface area contributed by atoms with Crippen molar-refractivity contribution in [2.45, 2.75) is 6.42 Å². The van der Waals surface area contributed by atoms with E-state index in [1.807, 2.05) is 60.7 Å². The van der Waals surface area contributed by atoms with Crippen molar-refractivity contribution in [1.82, 2.24) is 4.90 Å². The number of nitrogens with one attached hydrogen (secondary N) is 1. The van der Waals surface area contributed by atoms with E-state index in [9.17, 15) is 9.59 Å². The van der Waals surface area contributed by atoms with Crippen LogP contribution in [0, 0.1) is 0 Å². The van der Waals surface area contributed by atoms with Crippen molar-refractivity contribution < 1.29 is 9.59 Å². The molecule has 0 fully saturated rings. The van der Waals surface area contributed by atoms with Crippen LogP contribution < -0.4 is 11.1 Å². The van der Waals surface area contributed by atoms with Gasteiger partial charge >= 0.3 is 0 Å². The number of fused-ring (bicyclic) bond motifs is 1. The van der Waals surface area contributed by atoms with Gasteiger partial charge in [0.2, 0.25) is 0 Å². The van der Waals surface area contributed by atoms with Gasteiger partial charge in [-0.25, -0.2) is 0 Å². The number of hydrogen-bond donors (Lipinski definition) is 2. The number of imide groups is 1. The molecule has 4 aromatic rings. The molecule has 0 atom stereocenters. The number of carbonyl (C=O) groups is 2. The zero-order valence-electron chi connectivity index (χ0n) is 16.4. The number of nitrogens with two attached hydrogens (primary N) is 1. The van der Waals surface area contributed by atoms with Crippen molar-refractivity contribution in [3.8, 4) is 0 Å². The predicted octanol–water partition coefficient (Wildman–Crippen LogP) is 4.67. The topological polar surface area (TPSA) is 75.4 Å². The van der Waals surface area contributed by atoms with E-state index in [4.69, 9.17) is 5.73 Å². The Morgan fingerprint density at radius 1 is 0.767 bits per heavy atom. The van der Waals surface area contributed by atoms with Crippen molar-refractivity contribution in [1.29, 1.82) is 0 Å². The second kappa shape index (κ2) is 7.19. The van der Waals surface area contributed by atoms with Crippen molar-refractivity contribution in [2.24, 2.45) is 0 Å². The molecule has 5 heteroatoms. The molecule has 0 bridgehead atoms. The van der Waals surface area contributed by atoms with Crippen LogP contribution in [0.5, 0.6) is 0 Å². The summed E-state index contributed by atoms with van der Waals surface area (Å²) in [5, 5.41) is 7.22. The molecule has 2 amide bonds. The number of benzene rings is 4. The lowest BCUT2D eigenvalue weighted by atomic mass is 9.94. The first kappa shape index (κ1) is 18.2. The van der Waals surface area contributed by atoms with Crippen LogP contribution in [0.2, 0.25) is 0 Å². The number of hydrogen-bond acceptors (Lipinski definition) is 4. The molecule has 148 valence electrons. The Labute approximate surface area is 174 Å². The summed E-state index contributed by atoms with van der Waals surface area (Å²) in [6, 6.07) is 23.2. The van der Waals surface area contributed by atoms with Crippen molar-refractivity contribution in [3.05, 3.63) is 83.9 Å². The van der Waals surface area contributed by atoms with Crippen LogP contribution in [0.15, 0.2) is 72.8 Å². The lowest BCUT2D eigenvalue weighted by Gasteiger charge is -2.27. The van der Waals surface area contributed by atoms with E-state index >= 15 is 0 Å². The van der Waals surface area contributed by atoms with Gasteiger partial charge < -0.3 is 11.1 Å². The van der Waals surface area contributed by atoms with Crippen molar-refractivity contribution in [2.75, 3.05) is 24.1 Å². The summed E-state index contributed by atoms with van der Waals surface area (Å²) in [5.74, 6) is -0.455. The molecular formula is C25H21N3O2. The van der Waals surface area contributed by atoms with E-state index in [0.29, 0.717) is 36.3 Å². The highest BCUT2D eigenvalue weighted by atomic mass is 16.2. The quantitative estimate of drug-likeness (QED) is 0.292. The summed E-state index contributed by atoms with van der Waals surface area (Å²) >= 11 is 0. The first-order chi connectivity index (χ1) is 14.6. The van der Waals surface area contributed by atoms with Gasteiger partial charge in [-0.15, -0.1) is 0 Å². The van der Waals surface area contributed by atoms with Crippen LogP contribution in [-0.4, -0.2) is 29.8 Å². The van der Waals surface area contributed by atoms with Crippen LogP contribution in [0.25, 0.3) is 21.5 Å². The normalized spacial score (nSPS) is 13.3. The highest BCUT2D eigenvalue weighted by Crippen LogP contribution is 2.30. The van der Waals surface area contributed by atoms with E-state index in [2.05, 4.69) is 5.32 Å². The fourth-order valence-corrected chi connectivity index (χ4v) is 4.15. The van der Waals surface area contributed by atoms with Gasteiger partial charge in [0.15, 0.2) is 0 Å². The maximum Gasteiger partial charge on any atom is 0.261 e. The molecule has 0 unspecified atom stereocenters. The first-order valence-corrected chi connectivity index (χ1v) is 10.0. The van der Waals surface area contributed by atoms with Gasteiger partial charge in [0.25, 0.3) is 11.8 Å². The second-order valence-electron chi connectivity index (χ2n) is 7.54. The molecule has 0 saturated carbocycles. The fraction of sp³-hybridized carbons (Fsp3) is 0.120. The number of nitrogens with zero attached hydrogens (tertiary/aromatic N) is 1. The summed E-state index contributed by atoms with van der Waals surface area (Å²) in [6.45, 7) is 0.953. The van der Waals surface area contributed by atoms with Gasteiger partial charge in [0.05, 0.1) is 11.4 Å². The molecule has 1 aliphatic heterocycles. The first-order valence-electron chi connectivity index (χ1n) is 10.0. The monoisotopic (exact) mass is 395 g/mol. The van der Waals surface area contributed by atoms with Gasteiger partial charge in [-0.1, -0.05) is 48.5 Å². The molecule has 0 aliphatic carbocycles. The Hall–Kier alpha value is -3.86. The largest absolute Gasteiger partial charge is 0.397 e. The molecule has 0 spiro atoms. The molecular weight excluding hydrogens is 374 g/mol. The highest BCUT2D eigenvalue weighted by Gasteiger charge is 2.32. The third-order valence-electron chi connectivity index (χ3n) is 5.65. The SMILES string of the molecule is Nc1cc2ccccc2cc1NCCCN1C(=O)c2cccc3cccc(c23)C1=O. The standard InChI is InChI=1S/C25H21N3O2/c26-21-14-17-6-1-2-7-18(17)15-22(21)27-12-5-13-28-24(29)19-10-3-8-16-9-4-11-20(23(16)19)25(28)30/h1-4,6-11,14-15,27H,5,12-13,26H2. The number of carbonyl (C=O) groups excluding carboxylic acids is 2. The zero-order chi connectivity index (χ0) is 20.7. The number of anilines is 2. The number of amides is 2. The average Bonchev–Trinajstić information content (AvgIpc) is 2.77. The fourth-order valence-electron chi connectivity index (χ4n) is 4.15. The Morgan fingerprint density at radius 2 is 1.37 bits per heavy atom. The molecule has 3 N–H and O–H groups in total. The van der Waals surface area contributed by atoms with Gasteiger partial charge in [0, 0.05) is 29.6 Å². The summed E-state index contributed by atoms with van der Waals surface area (Å²) in [6.07, 6.45) is 0.627. The molecule has 0 aromatic heterocycles. The molecule has 30 heavy (non-hydrogen) atoms. The minimum absolute atomic E-state index is 0.227. The van der Waals surface area contributed by atoms with Gasteiger partial charge in [0.1, 0.15) is 0 Å². The lowest BCUT2D eigenvalue weighted by molar-refractivity contribution is 0.0610. The van der Waals surface area contributed by atoms with E-state index in [1.54, 1.807) is 12.1 Å². The maximum absolute atomic E-state index is 12.9. The second-order valence-corrected chi connectivity index (χ2v) is 7.54. The Balaban J connectivity index is 1.30. The average molecular weight is 395 g/mol. The molecule has 5 rings (SSSR count). The molecule has 4 aromatic carbocycles. The molecule has 0 saturated heterocycles. The van der Waals surface area contributed by atoms with Crippen molar-refractivity contribution >= 4 is 44.7 Å². The van der Waals surface area contributed by atoms with Crippen LogP contribution in [-0.2, 0) is 0 Å². The van der Waals surface area contributed by atoms with E-state index in [0.717, 1.165) is 27.2 Å². The van der Waals surface area contributed by atoms with E-state index in [1.165, 1.54) is 4.90 Å².